The summed E-state index contributed by atoms with van der Waals surface area (Å²) in [4.78, 5) is 47.9. The molecule has 0 aromatic heterocycles. The number of rotatable bonds is 6. The lowest BCUT2D eigenvalue weighted by Gasteiger charge is -2.20. The fourth-order valence-corrected chi connectivity index (χ4v) is 1.51. The number of imide groups is 2. The van der Waals surface area contributed by atoms with Gasteiger partial charge in [-0.15, -0.1) is 6.58 Å². The maximum atomic E-state index is 11.8. The van der Waals surface area contributed by atoms with E-state index in [-0.39, 0.29) is 13.1 Å². The van der Waals surface area contributed by atoms with Gasteiger partial charge in [0.1, 0.15) is 6.54 Å². The van der Waals surface area contributed by atoms with Crippen LogP contribution in [0.2, 0.25) is 0 Å². The summed E-state index contributed by atoms with van der Waals surface area (Å²) in [7, 11) is 0. The molecule has 0 aromatic carbocycles. The van der Waals surface area contributed by atoms with Gasteiger partial charge in [0, 0.05) is 18.6 Å². The summed E-state index contributed by atoms with van der Waals surface area (Å²) in [6.45, 7) is 6.43. The highest BCUT2D eigenvalue weighted by Gasteiger charge is 2.44. The first kappa shape index (κ1) is 15.8. The average Bonchev–Trinajstić information content (AvgIpc) is 2.53. The Kier molecular flexibility index (Phi) is 4.61. The van der Waals surface area contributed by atoms with Crippen molar-refractivity contribution in [1.29, 1.82) is 0 Å². The first-order chi connectivity index (χ1) is 9.17. The Morgan fingerprint density at radius 3 is 2.35 bits per heavy atom. The molecule has 110 valence electrons. The Morgan fingerprint density at radius 1 is 1.30 bits per heavy atom. The van der Waals surface area contributed by atoms with Crippen LogP contribution in [0.15, 0.2) is 12.7 Å². The van der Waals surface area contributed by atoms with E-state index in [1.54, 1.807) is 13.8 Å². The maximum absolute atomic E-state index is 11.8. The summed E-state index contributed by atoms with van der Waals surface area (Å²) in [5.74, 6) is -2.53. The highest BCUT2D eigenvalue weighted by molar-refractivity contribution is 6.45. The lowest BCUT2D eigenvalue weighted by atomic mass is 10.1. The molecule has 8 nitrogen and oxygen atoms in total. The molecule has 0 aromatic rings. The number of hydrogen-bond acceptors (Lipinski definition) is 5. The average molecular weight is 282 g/mol. The molecular weight excluding hydrogens is 264 g/mol. The summed E-state index contributed by atoms with van der Waals surface area (Å²) in [5, 5.41) is 2.49. The first-order valence-corrected chi connectivity index (χ1v) is 6.01. The molecule has 8 heteroatoms. The Labute approximate surface area is 116 Å². The topological polar surface area (TPSA) is 113 Å². The molecule has 1 aliphatic heterocycles. The lowest BCUT2D eigenvalue weighted by molar-refractivity contribution is -0.143. The van der Waals surface area contributed by atoms with E-state index in [0.29, 0.717) is 4.90 Å². The molecule has 0 unspecified atom stereocenters. The first-order valence-electron chi connectivity index (χ1n) is 6.01. The monoisotopic (exact) mass is 282 g/mol. The van der Waals surface area contributed by atoms with Crippen LogP contribution in [0.4, 0.5) is 4.79 Å². The fraction of sp³-hybridized carbons (Fsp3) is 0.500. The number of carbonyl (C=O) groups is 4. The number of carbonyl (C=O) groups excluding carboxylic acids is 4. The summed E-state index contributed by atoms with van der Waals surface area (Å²) in [6, 6.07) is -0.818. The van der Waals surface area contributed by atoms with E-state index in [1.165, 1.54) is 6.08 Å². The van der Waals surface area contributed by atoms with E-state index in [4.69, 9.17) is 5.73 Å². The second kappa shape index (κ2) is 5.83. The molecule has 3 N–H and O–H groups in total. The number of urea groups is 1. The Balaban J connectivity index is 2.66. The predicted molar refractivity (Wildman–Crippen MR) is 70.3 cm³/mol. The van der Waals surface area contributed by atoms with Crippen LogP contribution < -0.4 is 11.1 Å². The minimum atomic E-state index is -1.01. The van der Waals surface area contributed by atoms with Crippen LogP contribution in [0.1, 0.15) is 13.8 Å². The number of hydrogen-bond donors (Lipinski definition) is 2. The van der Waals surface area contributed by atoms with Crippen molar-refractivity contribution in [2.24, 2.45) is 5.73 Å². The van der Waals surface area contributed by atoms with E-state index >= 15 is 0 Å². The van der Waals surface area contributed by atoms with Crippen molar-refractivity contribution >= 4 is 23.8 Å². The summed E-state index contributed by atoms with van der Waals surface area (Å²) < 4.78 is 0. The molecule has 0 bridgehead atoms. The predicted octanol–water partition coefficient (Wildman–Crippen LogP) is -1.18. The second-order valence-corrected chi connectivity index (χ2v) is 5.14. The summed E-state index contributed by atoms with van der Waals surface area (Å²) in [5.41, 5.74) is 5.08. The third-order valence-electron chi connectivity index (χ3n) is 2.49. The quantitative estimate of drug-likeness (QED) is 0.361. The normalized spacial score (nSPS) is 15.8. The smallest absolute Gasteiger partial charge is 0.335 e. The zero-order chi connectivity index (χ0) is 15.5. The molecule has 5 amide bonds. The van der Waals surface area contributed by atoms with Crippen molar-refractivity contribution < 1.29 is 19.2 Å². The van der Waals surface area contributed by atoms with Crippen LogP contribution >= 0.6 is 0 Å². The van der Waals surface area contributed by atoms with Crippen LogP contribution in [-0.4, -0.2) is 58.7 Å². The zero-order valence-corrected chi connectivity index (χ0v) is 11.5. The van der Waals surface area contributed by atoms with Gasteiger partial charge in [-0.1, -0.05) is 6.08 Å². The van der Waals surface area contributed by atoms with Crippen LogP contribution in [-0.2, 0) is 14.4 Å². The van der Waals surface area contributed by atoms with E-state index in [1.807, 2.05) is 0 Å². The Bertz CT molecular complexity index is 467. The summed E-state index contributed by atoms with van der Waals surface area (Å²) in [6.07, 6.45) is 1.32. The second-order valence-electron chi connectivity index (χ2n) is 5.14. The largest absolute Gasteiger partial charge is 0.353 e. The molecule has 0 spiro atoms. The lowest BCUT2D eigenvalue weighted by Crippen LogP contribution is -2.48. The van der Waals surface area contributed by atoms with Gasteiger partial charge in [0.15, 0.2) is 0 Å². The fourth-order valence-electron chi connectivity index (χ4n) is 1.51. The summed E-state index contributed by atoms with van der Waals surface area (Å²) >= 11 is 0. The Morgan fingerprint density at radius 2 is 1.85 bits per heavy atom. The van der Waals surface area contributed by atoms with Gasteiger partial charge in [-0.25, -0.2) is 9.69 Å². The number of nitrogens with two attached hydrogens (primary N) is 1. The van der Waals surface area contributed by atoms with Gasteiger partial charge >= 0.3 is 17.8 Å². The molecule has 1 saturated heterocycles. The molecule has 20 heavy (non-hydrogen) atoms. The molecule has 1 fully saturated rings. The van der Waals surface area contributed by atoms with Gasteiger partial charge in [0.25, 0.3) is 0 Å². The van der Waals surface area contributed by atoms with Crippen LogP contribution in [0.3, 0.4) is 0 Å². The van der Waals surface area contributed by atoms with Gasteiger partial charge in [-0.2, -0.15) is 0 Å². The van der Waals surface area contributed by atoms with E-state index in [0.717, 1.165) is 4.90 Å². The Hall–Kier alpha value is -2.22. The molecule has 0 atom stereocenters. The van der Waals surface area contributed by atoms with Gasteiger partial charge < -0.3 is 11.1 Å². The van der Waals surface area contributed by atoms with E-state index < -0.39 is 35.8 Å². The third kappa shape index (κ3) is 3.64. The van der Waals surface area contributed by atoms with Crippen molar-refractivity contribution in [3.8, 4) is 0 Å². The van der Waals surface area contributed by atoms with Gasteiger partial charge in [-0.05, 0) is 13.8 Å². The molecule has 1 aliphatic rings. The van der Waals surface area contributed by atoms with Crippen molar-refractivity contribution in [3.63, 3.8) is 0 Å². The minimum absolute atomic E-state index is 0.0721. The van der Waals surface area contributed by atoms with Gasteiger partial charge in [-0.3, -0.25) is 19.3 Å². The molecule has 0 saturated carbocycles. The molecular formula is C12H18N4O4. The number of nitrogens with zero attached hydrogens (tertiary/aromatic N) is 2. The molecule has 0 radical (unpaired) electrons. The van der Waals surface area contributed by atoms with Crippen molar-refractivity contribution in [3.05, 3.63) is 12.7 Å². The van der Waals surface area contributed by atoms with E-state index in [2.05, 4.69) is 11.9 Å². The molecule has 1 heterocycles. The van der Waals surface area contributed by atoms with Crippen LogP contribution in [0.25, 0.3) is 0 Å². The highest BCUT2D eigenvalue weighted by atomic mass is 16.2. The van der Waals surface area contributed by atoms with Crippen LogP contribution in [0, 0.1) is 0 Å². The highest BCUT2D eigenvalue weighted by Crippen LogP contribution is 2.11. The standard InChI is InChI=1S/C12H18N4O4/c1-4-5-15-9(18)10(19)16(11(15)20)6-8(17)14-7-12(2,3)13/h4H,1,5-7,13H2,2-3H3,(H,14,17). The number of amides is 5. The minimum Gasteiger partial charge on any atom is -0.353 e. The maximum Gasteiger partial charge on any atom is 0.335 e. The SMILES string of the molecule is C=CCN1C(=O)C(=O)N(CC(=O)NCC(C)(C)N)C1=O. The van der Waals surface area contributed by atoms with Crippen molar-refractivity contribution in [1.82, 2.24) is 15.1 Å². The molecule has 0 aliphatic carbocycles. The van der Waals surface area contributed by atoms with Gasteiger partial charge in [0.05, 0.1) is 0 Å². The van der Waals surface area contributed by atoms with Crippen LogP contribution in [0.5, 0.6) is 0 Å². The molecule has 1 rings (SSSR count). The van der Waals surface area contributed by atoms with E-state index in [9.17, 15) is 19.2 Å². The zero-order valence-electron chi connectivity index (χ0n) is 11.5. The number of nitrogens with one attached hydrogen (secondary N) is 1. The third-order valence-corrected chi connectivity index (χ3v) is 2.49. The van der Waals surface area contributed by atoms with Crippen molar-refractivity contribution in [2.45, 2.75) is 19.4 Å². The van der Waals surface area contributed by atoms with Gasteiger partial charge in [0.2, 0.25) is 5.91 Å². The van der Waals surface area contributed by atoms with Crippen molar-refractivity contribution in [2.75, 3.05) is 19.6 Å².